The highest BCUT2D eigenvalue weighted by Crippen LogP contribution is 2.23. The van der Waals surface area contributed by atoms with Crippen LogP contribution in [0.4, 0.5) is 0 Å². The number of rotatable bonds is 4. The number of halogens is 1. The van der Waals surface area contributed by atoms with Crippen molar-refractivity contribution in [1.82, 2.24) is 0 Å². The molecule has 0 heterocycles. The quantitative estimate of drug-likeness (QED) is 0.362. The van der Waals surface area contributed by atoms with E-state index in [9.17, 15) is 4.79 Å². The van der Waals surface area contributed by atoms with E-state index in [2.05, 4.69) is 22.5 Å². The first-order valence-corrected chi connectivity index (χ1v) is 5.90. The number of carbonyl (C=O) groups is 1. The molecule has 17 heavy (non-hydrogen) atoms. The molecule has 3 heteroatoms. The molecular weight excluding hydrogens is 280 g/mol. The van der Waals surface area contributed by atoms with E-state index < -0.39 is 0 Å². The number of hydrogen-bond donors (Lipinski definition) is 0. The van der Waals surface area contributed by atoms with E-state index in [-0.39, 0.29) is 5.97 Å². The first kappa shape index (κ1) is 13.5. The van der Waals surface area contributed by atoms with E-state index in [1.54, 1.807) is 25.1 Å². The van der Waals surface area contributed by atoms with Crippen molar-refractivity contribution in [2.45, 2.75) is 6.92 Å². The van der Waals surface area contributed by atoms with Crippen LogP contribution in [0.1, 0.15) is 12.5 Å². The van der Waals surface area contributed by atoms with Crippen LogP contribution in [0, 0.1) is 0 Å². The largest absolute Gasteiger partial charge is 0.423 e. The van der Waals surface area contributed by atoms with Crippen LogP contribution >= 0.6 is 15.9 Å². The molecule has 1 aromatic carbocycles. The molecule has 1 rings (SSSR count). The summed E-state index contributed by atoms with van der Waals surface area (Å²) in [7, 11) is 0. The molecule has 1 aromatic rings. The number of allylic oxidation sites excluding steroid dienone is 3. The first-order valence-electron chi connectivity index (χ1n) is 5.10. The van der Waals surface area contributed by atoms with Crippen LogP contribution in [0.3, 0.4) is 0 Å². The van der Waals surface area contributed by atoms with Gasteiger partial charge in [-0.1, -0.05) is 52.9 Å². The Labute approximate surface area is 109 Å². The predicted molar refractivity (Wildman–Crippen MR) is 74.0 cm³/mol. The highest BCUT2D eigenvalue weighted by Gasteiger charge is 2.04. The van der Waals surface area contributed by atoms with E-state index in [4.69, 9.17) is 4.74 Å². The van der Waals surface area contributed by atoms with Crippen LogP contribution in [0.15, 0.2) is 53.6 Å². The number of carbonyl (C=O) groups excluding carboxylic acids is 1. The molecule has 0 atom stereocenters. The summed E-state index contributed by atoms with van der Waals surface area (Å²) in [5.41, 5.74) is 0.817. The number of ether oxygens (including phenoxy) is 1. The fourth-order valence-electron chi connectivity index (χ4n) is 1.18. The molecule has 0 unspecified atom stereocenters. The third kappa shape index (κ3) is 4.41. The van der Waals surface area contributed by atoms with Crippen molar-refractivity contribution < 1.29 is 9.53 Å². The van der Waals surface area contributed by atoms with Crippen LogP contribution in [0.5, 0.6) is 5.75 Å². The smallest absolute Gasteiger partial charge is 0.335 e. The van der Waals surface area contributed by atoms with E-state index in [0.717, 1.165) is 10.0 Å². The maximum Gasteiger partial charge on any atom is 0.335 e. The van der Waals surface area contributed by atoms with Crippen molar-refractivity contribution in [3.8, 4) is 5.75 Å². The van der Waals surface area contributed by atoms with Crippen molar-refractivity contribution in [2.75, 3.05) is 0 Å². The molecule has 88 valence electrons. The number of benzene rings is 1. The Hall–Kier alpha value is -1.61. The van der Waals surface area contributed by atoms with Gasteiger partial charge in [-0.2, -0.15) is 0 Å². The van der Waals surface area contributed by atoms with Gasteiger partial charge in [0, 0.05) is 16.1 Å². The Morgan fingerprint density at radius 3 is 2.76 bits per heavy atom. The summed E-state index contributed by atoms with van der Waals surface area (Å²) in [5.74, 6) is 0.137. The molecule has 0 aliphatic rings. The molecule has 0 spiro atoms. The van der Waals surface area contributed by atoms with Gasteiger partial charge in [-0.15, -0.1) is 0 Å². The molecule has 0 aliphatic carbocycles. The Morgan fingerprint density at radius 1 is 1.41 bits per heavy atom. The highest BCUT2D eigenvalue weighted by molar-refractivity contribution is 9.12. The number of para-hydroxylation sites is 1. The molecule has 0 radical (unpaired) electrons. The van der Waals surface area contributed by atoms with Crippen LogP contribution in [0.2, 0.25) is 0 Å². The maximum atomic E-state index is 11.4. The van der Waals surface area contributed by atoms with Gasteiger partial charge in [0.15, 0.2) is 0 Å². The van der Waals surface area contributed by atoms with E-state index in [1.165, 1.54) is 6.08 Å². The molecule has 2 nitrogen and oxygen atoms in total. The lowest BCUT2D eigenvalue weighted by Gasteiger charge is -2.05. The van der Waals surface area contributed by atoms with Crippen molar-refractivity contribution in [3.63, 3.8) is 0 Å². The monoisotopic (exact) mass is 292 g/mol. The van der Waals surface area contributed by atoms with Crippen molar-refractivity contribution in [3.05, 3.63) is 59.1 Å². The van der Waals surface area contributed by atoms with Crippen molar-refractivity contribution >= 4 is 28.0 Å². The molecule has 0 N–H and O–H groups in total. The van der Waals surface area contributed by atoms with Gasteiger partial charge in [0.05, 0.1) is 0 Å². The molecule has 0 aliphatic heterocycles. The average molecular weight is 293 g/mol. The predicted octanol–water partition coefficient (Wildman–Crippen LogP) is 4.09. The van der Waals surface area contributed by atoms with Crippen molar-refractivity contribution in [1.29, 1.82) is 0 Å². The maximum absolute atomic E-state index is 11.4. The second kappa shape index (κ2) is 6.86. The third-order valence-electron chi connectivity index (χ3n) is 1.92. The summed E-state index contributed by atoms with van der Waals surface area (Å²) >= 11 is 3.33. The topological polar surface area (TPSA) is 26.3 Å². The molecule has 0 fully saturated rings. The summed E-state index contributed by atoms with van der Waals surface area (Å²) in [6.07, 6.45) is 6.53. The normalized spacial score (nSPS) is 11.5. The molecule has 0 aromatic heterocycles. The second-order valence-corrected chi connectivity index (χ2v) is 4.11. The lowest BCUT2D eigenvalue weighted by Crippen LogP contribution is -2.04. The van der Waals surface area contributed by atoms with Crippen LogP contribution in [0.25, 0.3) is 6.08 Å². The summed E-state index contributed by atoms with van der Waals surface area (Å²) in [5, 5.41) is 0. The fourth-order valence-corrected chi connectivity index (χ4v) is 1.43. The van der Waals surface area contributed by atoms with Gasteiger partial charge in [0.2, 0.25) is 0 Å². The van der Waals surface area contributed by atoms with Crippen LogP contribution in [-0.2, 0) is 4.79 Å². The van der Waals surface area contributed by atoms with Crippen LogP contribution < -0.4 is 4.74 Å². The molecular formula is C14H13BrO2. The lowest BCUT2D eigenvalue weighted by molar-refractivity contribution is -0.129. The van der Waals surface area contributed by atoms with Gasteiger partial charge in [0.25, 0.3) is 0 Å². The summed E-state index contributed by atoms with van der Waals surface area (Å²) < 4.78 is 6.03. The minimum Gasteiger partial charge on any atom is -0.423 e. The minimum absolute atomic E-state index is 0.386. The zero-order valence-electron chi connectivity index (χ0n) is 9.52. The third-order valence-corrected chi connectivity index (χ3v) is 2.47. The van der Waals surface area contributed by atoms with Crippen molar-refractivity contribution in [2.24, 2.45) is 0 Å². The minimum atomic E-state index is -0.386. The molecule has 0 amide bonds. The standard InChI is InChI=1S/C14H13BrO2/c1-3-7-14(16)17-13-9-6-5-8-11(13)10-12(15)4-2/h3-10H,2H2,1H3/b7-3+,12-10-. The Balaban J connectivity index is 3.00. The van der Waals surface area contributed by atoms with Gasteiger partial charge in [0.1, 0.15) is 5.75 Å². The van der Waals surface area contributed by atoms with E-state index in [1.807, 2.05) is 24.3 Å². The summed E-state index contributed by atoms with van der Waals surface area (Å²) in [4.78, 5) is 11.4. The Bertz CT molecular complexity index is 473. The second-order valence-electron chi connectivity index (χ2n) is 3.19. The highest BCUT2D eigenvalue weighted by atomic mass is 79.9. The van der Waals surface area contributed by atoms with Gasteiger partial charge in [-0.05, 0) is 19.1 Å². The summed E-state index contributed by atoms with van der Waals surface area (Å²) in [6.45, 7) is 5.41. The fraction of sp³-hybridized carbons (Fsp3) is 0.0714. The number of esters is 1. The SMILES string of the molecule is C=C/C(Br)=C/c1ccccc1OC(=O)/C=C/C. The Kier molecular flexibility index (Phi) is 5.43. The Morgan fingerprint density at radius 2 is 2.12 bits per heavy atom. The van der Waals surface area contributed by atoms with Gasteiger partial charge in [-0.3, -0.25) is 0 Å². The van der Waals surface area contributed by atoms with Gasteiger partial charge < -0.3 is 4.74 Å². The number of hydrogen-bond acceptors (Lipinski definition) is 2. The first-order chi connectivity index (χ1) is 8.17. The summed E-state index contributed by atoms with van der Waals surface area (Å²) in [6, 6.07) is 7.30. The lowest BCUT2D eigenvalue weighted by atomic mass is 10.2. The molecule has 0 saturated heterocycles. The average Bonchev–Trinajstić information content (AvgIpc) is 2.31. The molecule has 0 saturated carbocycles. The van der Waals surface area contributed by atoms with Gasteiger partial charge >= 0.3 is 5.97 Å². The zero-order valence-corrected chi connectivity index (χ0v) is 11.1. The van der Waals surface area contributed by atoms with E-state index >= 15 is 0 Å². The zero-order chi connectivity index (χ0) is 12.7. The molecule has 0 bridgehead atoms. The van der Waals surface area contributed by atoms with E-state index in [0.29, 0.717) is 5.75 Å². The van der Waals surface area contributed by atoms with Crippen LogP contribution in [-0.4, -0.2) is 5.97 Å². The van der Waals surface area contributed by atoms with Gasteiger partial charge in [-0.25, -0.2) is 4.79 Å².